The van der Waals surface area contributed by atoms with Crippen LogP contribution in [0.3, 0.4) is 0 Å². The molecule has 32 heavy (non-hydrogen) atoms. The maximum absolute atomic E-state index is 12.8. The van der Waals surface area contributed by atoms with Gasteiger partial charge in [-0.3, -0.25) is 19.4 Å². The normalized spacial score (nSPS) is 15.4. The summed E-state index contributed by atoms with van der Waals surface area (Å²) in [6, 6.07) is 17.9. The van der Waals surface area contributed by atoms with E-state index in [4.69, 9.17) is 4.74 Å². The van der Waals surface area contributed by atoms with E-state index in [0.29, 0.717) is 24.4 Å². The standard InChI is InChI=1S/C26H35N3O3/c1-3-5-17-28(19-21-12-7-6-8-13-21)18-11-16-27-25(30)20-29-22-14-9-10-15-24(22)32-23(4-2)26(29)31/h6-10,12-15,23H,3-5,11,16-20H2,1-2H3,(H,27,30)/t23-/m1/s1. The Morgan fingerprint density at radius 3 is 2.50 bits per heavy atom. The van der Waals surface area contributed by atoms with Crippen molar-refractivity contribution in [3.05, 3.63) is 60.2 Å². The number of hydrogen-bond donors (Lipinski definition) is 1. The number of benzene rings is 2. The molecule has 0 fully saturated rings. The number of nitrogens with one attached hydrogen (secondary N) is 1. The van der Waals surface area contributed by atoms with Gasteiger partial charge in [0, 0.05) is 19.6 Å². The molecule has 0 bridgehead atoms. The predicted molar refractivity (Wildman–Crippen MR) is 128 cm³/mol. The maximum atomic E-state index is 12.8. The van der Waals surface area contributed by atoms with Crippen LogP contribution in [-0.4, -0.2) is 49.0 Å². The molecule has 0 aliphatic carbocycles. The summed E-state index contributed by atoms with van der Waals surface area (Å²) >= 11 is 0. The molecular formula is C26H35N3O3. The number of fused-ring (bicyclic) bond motifs is 1. The Kier molecular flexibility index (Phi) is 9.11. The van der Waals surface area contributed by atoms with E-state index < -0.39 is 6.10 Å². The van der Waals surface area contributed by atoms with Crippen LogP contribution >= 0.6 is 0 Å². The van der Waals surface area contributed by atoms with Gasteiger partial charge in [-0.2, -0.15) is 0 Å². The lowest BCUT2D eigenvalue weighted by molar-refractivity contribution is -0.129. The minimum Gasteiger partial charge on any atom is -0.478 e. The molecule has 0 aromatic heterocycles. The Bertz CT molecular complexity index is 872. The van der Waals surface area contributed by atoms with Crippen LogP contribution in [0.25, 0.3) is 0 Å². The molecule has 1 heterocycles. The number of ether oxygens (including phenoxy) is 1. The molecule has 0 radical (unpaired) electrons. The van der Waals surface area contributed by atoms with Crippen molar-refractivity contribution < 1.29 is 14.3 Å². The van der Waals surface area contributed by atoms with E-state index in [1.54, 1.807) is 4.90 Å². The summed E-state index contributed by atoms with van der Waals surface area (Å²) in [7, 11) is 0. The third-order valence-electron chi connectivity index (χ3n) is 5.69. The predicted octanol–water partition coefficient (Wildman–Crippen LogP) is 4.00. The van der Waals surface area contributed by atoms with Gasteiger partial charge in [0.1, 0.15) is 12.3 Å². The van der Waals surface area contributed by atoms with Crippen molar-refractivity contribution in [3.63, 3.8) is 0 Å². The van der Waals surface area contributed by atoms with Gasteiger partial charge in [0.25, 0.3) is 5.91 Å². The second kappa shape index (κ2) is 12.2. The molecule has 1 aliphatic rings. The zero-order valence-corrected chi connectivity index (χ0v) is 19.3. The van der Waals surface area contributed by atoms with E-state index in [-0.39, 0.29) is 18.4 Å². The molecule has 6 nitrogen and oxygen atoms in total. The van der Waals surface area contributed by atoms with Crippen LogP contribution in [0.1, 0.15) is 45.1 Å². The highest BCUT2D eigenvalue weighted by Gasteiger charge is 2.34. The van der Waals surface area contributed by atoms with Gasteiger partial charge in [0.2, 0.25) is 5.91 Å². The van der Waals surface area contributed by atoms with Gasteiger partial charge in [-0.1, -0.05) is 62.7 Å². The summed E-state index contributed by atoms with van der Waals surface area (Å²) in [4.78, 5) is 29.4. The van der Waals surface area contributed by atoms with Crippen molar-refractivity contribution in [1.82, 2.24) is 10.2 Å². The van der Waals surface area contributed by atoms with E-state index in [2.05, 4.69) is 41.4 Å². The summed E-state index contributed by atoms with van der Waals surface area (Å²) in [5, 5.41) is 2.99. The lowest BCUT2D eigenvalue weighted by Gasteiger charge is -2.33. The first-order chi connectivity index (χ1) is 15.6. The fourth-order valence-corrected chi connectivity index (χ4v) is 3.92. The topological polar surface area (TPSA) is 61.9 Å². The number of amides is 2. The van der Waals surface area contributed by atoms with Crippen LogP contribution in [0.5, 0.6) is 5.75 Å². The second-order valence-electron chi connectivity index (χ2n) is 8.23. The van der Waals surface area contributed by atoms with Crippen molar-refractivity contribution in [2.45, 2.75) is 52.2 Å². The van der Waals surface area contributed by atoms with Crippen LogP contribution in [-0.2, 0) is 16.1 Å². The third-order valence-corrected chi connectivity index (χ3v) is 5.69. The Morgan fingerprint density at radius 2 is 1.75 bits per heavy atom. The van der Waals surface area contributed by atoms with Gasteiger partial charge >= 0.3 is 0 Å². The molecule has 172 valence electrons. The molecule has 2 aromatic rings. The molecule has 0 saturated carbocycles. The summed E-state index contributed by atoms with van der Waals surface area (Å²) in [5.74, 6) is 0.349. The van der Waals surface area contributed by atoms with Crippen molar-refractivity contribution in [2.75, 3.05) is 31.1 Å². The molecule has 1 N–H and O–H groups in total. The lowest BCUT2D eigenvalue weighted by atomic mass is 10.1. The van der Waals surface area contributed by atoms with Crippen LogP contribution in [0.4, 0.5) is 5.69 Å². The fourth-order valence-electron chi connectivity index (χ4n) is 3.92. The minimum atomic E-state index is -0.539. The molecular weight excluding hydrogens is 402 g/mol. The van der Waals surface area contributed by atoms with Gasteiger partial charge in [-0.05, 0) is 43.5 Å². The quantitative estimate of drug-likeness (QED) is 0.510. The van der Waals surface area contributed by atoms with Crippen molar-refractivity contribution >= 4 is 17.5 Å². The third kappa shape index (κ3) is 6.57. The number of para-hydroxylation sites is 2. The second-order valence-corrected chi connectivity index (χ2v) is 8.23. The monoisotopic (exact) mass is 437 g/mol. The SMILES string of the molecule is CCCCN(CCCNC(=O)CN1C(=O)[C@@H](CC)Oc2ccccc21)Cc1ccccc1. The average molecular weight is 438 g/mol. The van der Waals surface area contributed by atoms with Crippen LogP contribution in [0.15, 0.2) is 54.6 Å². The largest absolute Gasteiger partial charge is 0.478 e. The Hall–Kier alpha value is -2.86. The van der Waals surface area contributed by atoms with Crippen LogP contribution in [0.2, 0.25) is 0 Å². The fraction of sp³-hybridized carbons (Fsp3) is 0.462. The number of carbonyl (C=O) groups is 2. The smallest absolute Gasteiger partial charge is 0.268 e. The Balaban J connectivity index is 1.49. The van der Waals surface area contributed by atoms with Crippen molar-refractivity contribution in [3.8, 4) is 5.75 Å². The van der Waals surface area contributed by atoms with E-state index in [0.717, 1.165) is 38.9 Å². The first-order valence-corrected chi connectivity index (χ1v) is 11.7. The van der Waals surface area contributed by atoms with Gasteiger partial charge in [0.05, 0.1) is 5.69 Å². The van der Waals surface area contributed by atoms with E-state index in [9.17, 15) is 9.59 Å². The molecule has 1 atom stereocenters. The molecule has 1 aliphatic heterocycles. The van der Waals surface area contributed by atoms with E-state index in [1.807, 2.05) is 37.3 Å². The lowest BCUT2D eigenvalue weighted by Crippen LogP contribution is -2.49. The first-order valence-electron chi connectivity index (χ1n) is 11.7. The average Bonchev–Trinajstić information content (AvgIpc) is 2.82. The van der Waals surface area contributed by atoms with Crippen molar-refractivity contribution in [2.24, 2.45) is 0 Å². The first kappa shape index (κ1) is 23.8. The zero-order chi connectivity index (χ0) is 22.8. The zero-order valence-electron chi connectivity index (χ0n) is 19.3. The molecule has 0 saturated heterocycles. The van der Waals surface area contributed by atoms with E-state index >= 15 is 0 Å². The van der Waals surface area contributed by atoms with Gasteiger partial charge in [0.15, 0.2) is 6.10 Å². The van der Waals surface area contributed by atoms with Gasteiger partial charge in [-0.25, -0.2) is 0 Å². The van der Waals surface area contributed by atoms with Crippen LogP contribution in [0, 0.1) is 0 Å². The summed E-state index contributed by atoms with van der Waals surface area (Å²) in [6.45, 7) is 7.62. The Morgan fingerprint density at radius 1 is 1.03 bits per heavy atom. The summed E-state index contributed by atoms with van der Waals surface area (Å²) in [5.41, 5.74) is 1.97. The van der Waals surface area contributed by atoms with Crippen LogP contribution < -0.4 is 15.0 Å². The molecule has 6 heteroatoms. The number of anilines is 1. The number of rotatable bonds is 12. The number of nitrogens with zero attached hydrogens (tertiary/aromatic N) is 2. The Labute approximate surface area is 191 Å². The highest BCUT2D eigenvalue weighted by Crippen LogP contribution is 2.34. The molecule has 0 unspecified atom stereocenters. The number of hydrogen-bond acceptors (Lipinski definition) is 4. The highest BCUT2D eigenvalue weighted by atomic mass is 16.5. The number of unbranched alkanes of at least 4 members (excludes halogenated alkanes) is 1. The van der Waals surface area contributed by atoms with Gasteiger partial charge < -0.3 is 10.1 Å². The van der Waals surface area contributed by atoms with Gasteiger partial charge in [-0.15, -0.1) is 0 Å². The molecule has 2 amide bonds. The molecule has 2 aromatic carbocycles. The molecule has 3 rings (SSSR count). The summed E-state index contributed by atoms with van der Waals surface area (Å²) < 4.78 is 5.78. The minimum absolute atomic E-state index is 0.0132. The maximum Gasteiger partial charge on any atom is 0.268 e. The van der Waals surface area contributed by atoms with Crippen molar-refractivity contribution in [1.29, 1.82) is 0 Å². The highest BCUT2D eigenvalue weighted by molar-refractivity contribution is 6.03. The molecule has 0 spiro atoms. The summed E-state index contributed by atoms with van der Waals surface area (Å²) in [6.07, 6.45) is 3.22. The number of carbonyl (C=O) groups excluding carboxylic acids is 2. The van der Waals surface area contributed by atoms with E-state index in [1.165, 1.54) is 5.56 Å².